The molecule has 0 saturated heterocycles. The number of carbonyl (C=O) groups excluding carboxylic acids is 1. The molecule has 3 aromatic rings. The molecule has 0 spiro atoms. The van der Waals surface area contributed by atoms with Crippen molar-refractivity contribution >= 4 is 38.7 Å². The van der Waals surface area contributed by atoms with Crippen LogP contribution in [0.3, 0.4) is 0 Å². The standard InChI is InChI=1S/C22H19ClN2O5S/c1-14-18(9-15(23)10-21(14)31(27,28)17-5-3-2-4-6-17)24-12-22(26)25-16-7-8-19-20(11-16)30-13-29-19/h2-11,24H,12-13H2,1H3,(H,25,26). The van der Waals surface area contributed by atoms with Gasteiger partial charge in [-0.2, -0.15) is 0 Å². The number of anilines is 2. The first-order chi connectivity index (χ1) is 14.8. The lowest BCUT2D eigenvalue weighted by atomic mass is 10.2. The van der Waals surface area contributed by atoms with Crippen LogP contribution in [0.4, 0.5) is 11.4 Å². The summed E-state index contributed by atoms with van der Waals surface area (Å²) in [5.74, 6) is 0.871. The molecule has 1 amide bonds. The Hall–Kier alpha value is -3.23. The van der Waals surface area contributed by atoms with Crippen molar-refractivity contribution in [2.24, 2.45) is 0 Å². The molecule has 0 aliphatic carbocycles. The van der Waals surface area contributed by atoms with E-state index < -0.39 is 9.84 Å². The number of nitrogens with one attached hydrogen (secondary N) is 2. The molecule has 0 radical (unpaired) electrons. The second kappa shape index (κ2) is 8.49. The van der Waals surface area contributed by atoms with Crippen molar-refractivity contribution in [1.29, 1.82) is 0 Å². The van der Waals surface area contributed by atoms with Crippen LogP contribution in [0.1, 0.15) is 5.56 Å². The topological polar surface area (TPSA) is 93.7 Å². The number of carbonyl (C=O) groups is 1. The van der Waals surface area contributed by atoms with E-state index in [0.717, 1.165) is 0 Å². The minimum Gasteiger partial charge on any atom is -0.454 e. The third-order valence-corrected chi connectivity index (χ3v) is 6.88. The number of rotatable bonds is 6. The maximum Gasteiger partial charge on any atom is 0.243 e. The molecule has 9 heteroatoms. The fraction of sp³-hybridized carbons (Fsp3) is 0.136. The summed E-state index contributed by atoms with van der Waals surface area (Å²) >= 11 is 6.18. The number of hydrogen-bond donors (Lipinski definition) is 2. The minimum atomic E-state index is -3.76. The Morgan fingerprint density at radius 1 is 1.03 bits per heavy atom. The van der Waals surface area contributed by atoms with Crippen LogP contribution >= 0.6 is 11.6 Å². The number of hydrogen-bond acceptors (Lipinski definition) is 6. The molecule has 0 fully saturated rings. The normalized spacial score (nSPS) is 12.5. The van der Waals surface area contributed by atoms with Crippen molar-refractivity contribution in [1.82, 2.24) is 0 Å². The van der Waals surface area contributed by atoms with E-state index in [1.165, 1.54) is 18.2 Å². The summed E-state index contributed by atoms with van der Waals surface area (Å²) in [6.07, 6.45) is 0. The van der Waals surface area contributed by atoms with Crippen molar-refractivity contribution in [2.45, 2.75) is 16.7 Å². The Kier molecular flexibility index (Phi) is 5.75. The van der Waals surface area contributed by atoms with Crippen LogP contribution in [-0.4, -0.2) is 27.7 Å². The summed E-state index contributed by atoms with van der Waals surface area (Å²) in [5.41, 5.74) is 1.50. The van der Waals surface area contributed by atoms with Gasteiger partial charge in [0.15, 0.2) is 11.5 Å². The molecule has 31 heavy (non-hydrogen) atoms. The third kappa shape index (κ3) is 4.45. The molecule has 0 unspecified atom stereocenters. The van der Waals surface area contributed by atoms with Gasteiger partial charge in [0.2, 0.25) is 22.5 Å². The highest BCUT2D eigenvalue weighted by Crippen LogP contribution is 2.34. The Morgan fingerprint density at radius 2 is 1.77 bits per heavy atom. The maximum atomic E-state index is 13.0. The van der Waals surface area contributed by atoms with E-state index in [1.807, 2.05) is 0 Å². The van der Waals surface area contributed by atoms with E-state index in [2.05, 4.69) is 10.6 Å². The van der Waals surface area contributed by atoms with Gasteiger partial charge in [0.05, 0.1) is 16.3 Å². The van der Waals surface area contributed by atoms with Crippen LogP contribution in [-0.2, 0) is 14.6 Å². The second-order valence-electron chi connectivity index (χ2n) is 6.86. The number of halogens is 1. The summed E-state index contributed by atoms with van der Waals surface area (Å²) in [4.78, 5) is 12.6. The van der Waals surface area contributed by atoms with E-state index in [9.17, 15) is 13.2 Å². The van der Waals surface area contributed by atoms with Crippen molar-refractivity contribution in [2.75, 3.05) is 24.0 Å². The van der Waals surface area contributed by atoms with Crippen LogP contribution in [0.25, 0.3) is 0 Å². The van der Waals surface area contributed by atoms with E-state index in [1.54, 1.807) is 49.4 Å². The quantitative estimate of drug-likeness (QED) is 0.573. The Morgan fingerprint density at radius 3 is 2.55 bits per heavy atom. The van der Waals surface area contributed by atoms with Gasteiger partial charge in [-0.15, -0.1) is 0 Å². The van der Waals surface area contributed by atoms with E-state index in [-0.39, 0.29) is 34.1 Å². The molecular weight excluding hydrogens is 440 g/mol. The fourth-order valence-electron chi connectivity index (χ4n) is 3.20. The molecule has 0 atom stereocenters. The average Bonchev–Trinajstić information content (AvgIpc) is 3.22. The predicted octanol–water partition coefficient (Wildman–Crippen LogP) is 4.26. The molecule has 0 saturated carbocycles. The first-order valence-electron chi connectivity index (χ1n) is 9.38. The third-order valence-electron chi connectivity index (χ3n) is 4.76. The highest BCUT2D eigenvalue weighted by atomic mass is 35.5. The smallest absolute Gasteiger partial charge is 0.243 e. The van der Waals surface area contributed by atoms with Crippen LogP contribution in [0.5, 0.6) is 11.5 Å². The zero-order valence-electron chi connectivity index (χ0n) is 16.5. The molecule has 2 N–H and O–H groups in total. The average molecular weight is 459 g/mol. The largest absolute Gasteiger partial charge is 0.454 e. The number of amides is 1. The minimum absolute atomic E-state index is 0.0829. The van der Waals surface area contributed by atoms with Crippen molar-refractivity contribution in [3.05, 3.63) is 71.2 Å². The van der Waals surface area contributed by atoms with E-state index in [4.69, 9.17) is 21.1 Å². The number of fused-ring (bicyclic) bond motifs is 1. The molecule has 1 aliphatic heterocycles. The molecule has 3 aromatic carbocycles. The second-order valence-corrected chi connectivity index (χ2v) is 9.22. The van der Waals surface area contributed by atoms with Gasteiger partial charge >= 0.3 is 0 Å². The van der Waals surface area contributed by atoms with Gasteiger partial charge in [-0.1, -0.05) is 29.8 Å². The lowest BCUT2D eigenvalue weighted by molar-refractivity contribution is -0.114. The SMILES string of the molecule is Cc1c(NCC(=O)Nc2ccc3c(c2)OCO3)cc(Cl)cc1S(=O)(=O)c1ccccc1. The van der Waals surface area contributed by atoms with Gasteiger partial charge < -0.3 is 20.1 Å². The number of sulfone groups is 1. The zero-order chi connectivity index (χ0) is 22.0. The molecule has 7 nitrogen and oxygen atoms in total. The van der Waals surface area contributed by atoms with Crippen molar-refractivity contribution in [3.8, 4) is 11.5 Å². The van der Waals surface area contributed by atoms with Crippen molar-refractivity contribution in [3.63, 3.8) is 0 Å². The van der Waals surface area contributed by atoms with Gasteiger partial charge in [-0.25, -0.2) is 8.42 Å². The Balaban J connectivity index is 1.51. The molecule has 1 heterocycles. The predicted molar refractivity (Wildman–Crippen MR) is 118 cm³/mol. The highest BCUT2D eigenvalue weighted by molar-refractivity contribution is 7.91. The summed E-state index contributed by atoms with van der Waals surface area (Å²) in [6, 6.07) is 16.2. The first kappa shape index (κ1) is 21.0. The van der Waals surface area contributed by atoms with E-state index in [0.29, 0.717) is 28.4 Å². The molecule has 0 aromatic heterocycles. The van der Waals surface area contributed by atoms with Crippen LogP contribution in [0.15, 0.2) is 70.5 Å². The monoisotopic (exact) mass is 458 g/mol. The summed E-state index contributed by atoms with van der Waals surface area (Å²) in [7, 11) is -3.76. The Labute approximate surface area is 184 Å². The van der Waals surface area contributed by atoms with Crippen molar-refractivity contribution < 1.29 is 22.7 Å². The fourth-order valence-corrected chi connectivity index (χ4v) is 5.05. The van der Waals surface area contributed by atoms with Gasteiger partial charge in [0, 0.05) is 22.5 Å². The van der Waals surface area contributed by atoms with Gasteiger partial charge in [0.1, 0.15) is 0 Å². The number of ether oxygens (including phenoxy) is 2. The van der Waals surface area contributed by atoms with E-state index >= 15 is 0 Å². The molecule has 160 valence electrons. The lowest BCUT2D eigenvalue weighted by Gasteiger charge is -2.15. The maximum absolute atomic E-state index is 13.0. The van der Waals surface area contributed by atoms with Gasteiger partial charge in [-0.3, -0.25) is 4.79 Å². The van der Waals surface area contributed by atoms with Crippen LogP contribution in [0.2, 0.25) is 5.02 Å². The lowest BCUT2D eigenvalue weighted by Crippen LogP contribution is -2.22. The first-order valence-corrected chi connectivity index (χ1v) is 11.2. The summed E-state index contributed by atoms with van der Waals surface area (Å²) in [6.45, 7) is 1.74. The van der Waals surface area contributed by atoms with Crippen LogP contribution in [0, 0.1) is 6.92 Å². The molecular formula is C22H19ClN2O5S. The van der Waals surface area contributed by atoms with Gasteiger partial charge in [-0.05, 0) is 48.9 Å². The van der Waals surface area contributed by atoms with Gasteiger partial charge in [0.25, 0.3) is 0 Å². The summed E-state index contributed by atoms with van der Waals surface area (Å²) in [5, 5.41) is 5.98. The Bertz CT molecular complexity index is 1250. The van der Waals surface area contributed by atoms with Crippen LogP contribution < -0.4 is 20.1 Å². The number of benzene rings is 3. The molecule has 1 aliphatic rings. The highest BCUT2D eigenvalue weighted by Gasteiger charge is 2.22. The molecule has 0 bridgehead atoms. The summed E-state index contributed by atoms with van der Waals surface area (Å²) < 4.78 is 36.6. The zero-order valence-corrected chi connectivity index (χ0v) is 18.1. The molecule has 4 rings (SSSR count).